The standard InChI is InChI=1S/C9H18BNO7.CH4/c1-5(13)11-4-10-17-3-7(18-10)9(16)8(15)6(14)2-12;/h6-9,12,14-16H,2-4H2,1H3,(H,11,13);1H4. The van der Waals surface area contributed by atoms with E-state index in [9.17, 15) is 20.1 Å². The van der Waals surface area contributed by atoms with E-state index in [1.807, 2.05) is 0 Å². The number of carbonyl (C=O) groups is 1. The molecule has 4 unspecified atom stereocenters. The molecule has 0 aliphatic carbocycles. The van der Waals surface area contributed by atoms with Gasteiger partial charge in [-0.3, -0.25) is 4.79 Å². The zero-order valence-corrected chi connectivity index (χ0v) is 10.0. The van der Waals surface area contributed by atoms with Crippen molar-refractivity contribution in [2.45, 2.75) is 38.8 Å². The average Bonchev–Trinajstić information content (AvgIpc) is 2.82. The Labute approximate surface area is 112 Å². The van der Waals surface area contributed by atoms with Crippen LogP contribution < -0.4 is 5.32 Å². The predicted octanol–water partition coefficient (Wildman–Crippen LogP) is -2.72. The molecule has 0 aromatic heterocycles. The molecule has 0 spiro atoms. The number of carbonyl (C=O) groups excluding carboxylic acids is 1. The Morgan fingerprint density at radius 3 is 2.63 bits per heavy atom. The molecule has 1 amide bonds. The summed E-state index contributed by atoms with van der Waals surface area (Å²) < 4.78 is 10.4. The summed E-state index contributed by atoms with van der Waals surface area (Å²) in [5, 5.41) is 39.5. The Hall–Kier alpha value is -0.705. The molecule has 1 rings (SSSR count). The number of aliphatic hydroxyl groups is 4. The minimum absolute atomic E-state index is 0. The molecule has 1 aliphatic heterocycles. The number of aliphatic hydroxyl groups excluding tert-OH is 4. The Balaban J connectivity index is 0.00000324. The molecule has 112 valence electrons. The van der Waals surface area contributed by atoms with Crippen LogP contribution in [0.2, 0.25) is 0 Å². The molecule has 1 saturated heterocycles. The van der Waals surface area contributed by atoms with E-state index in [1.54, 1.807) is 0 Å². The van der Waals surface area contributed by atoms with E-state index in [1.165, 1.54) is 6.92 Å². The van der Waals surface area contributed by atoms with Crippen molar-refractivity contribution in [2.75, 3.05) is 19.7 Å². The zero-order chi connectivity index (χ0) is 13.7. The first-order chi connectivity index (χ1) is 8.45. The summed E-state index contributed by atoms with van der Waals surface area (Å²) in [6, 6.07) is 0. The van der Waals surface area contributed by atoms with Crippen molar-refractivity contribution in [3.8, 4) is 0 Å². The smallest absolute Gasteiger partial charge is 0.407 e. The van der Waals surface area contributed by atoms with Crippen LogP contribution in [0.25, 0.3) is 0 Å². The molecule has 0 radical (unpaired) electrons. The summed E-state index contributed by atoms with van der Waals surface area (Å²) in [4.78, 5) is 10.7. The van der Waals surface area contributed by atoms with Gasteiger partial charge in [-0.05, 0) is 0 Å². The summed E-state index contributed by atoms with van der Waals surface area (Å²) in [6.45, 7) is 0.713. The van der Waals surface area contributed by atoms with Gasteiger partial charge in [-0.1, -0.05) is 7.43 Å². The third-order valence-electron chi connectivity index (χ3n) is 2.60. The molecule has 0 saturated carbocycles. The quantitative estimate of drug-likeness (QED) is 0.334. The Bertz CT molecular complexity index is 281. The van der Waals surface area contributed by atoms with Crippen molar-refractivity contribution >= 4 is 13.0 Å². The number of rotatable bonds is 6. The van der Waals surface area contributed by atoms with Crippen molar-refractivity contribution in [3.63, 3.8) is 0 Å². The van der Waals surface area contributed by atoms with Crippen LogP contribution in [-0.2, 0) is 14.1 Å². The molecule has 1 aliphatic rings. The number of amides is 1. The van der Waals surface area contributed by atoms with E-state index in [0.29, 0.717) is 0 Å². The lowest BCUT2D eigenvalue weighted by Crippen LogP contribution is -2.47. The Morgan fingerprint density at radius 2 is 2.11 bits per heavy atom. The summed E-state index contributed by atoms with van der Waals surface area (Å²) >= 11 is 0. The van der Waals surface area contributed by atoms with Gasteiger partial charge in [-0.15, -0.1) is 0 Å². The summed E-state index contributed by atoms with van der Waals surface area (Å²) in [5.74, 6) is -0.234. The average molecular weight is 279 g/mol. The first-order valence-electron chi connectivity index (χ1n) is 5.62. The minimum Gasteiger partial charge on any atom is -0.407 e. The van der Waals surface area contributed by atoms with E-state index in [0.717, 1.165) is 0 Å². The van der Waals surface area contributed by atoms with E-state index < -0.39 is 38.1 Å². The fourth-order valence-corrected chi connectivity index (χ4v) is 1.54. The highest BCUT2D eigenvalue weighted by molar-refractivity contribution is 6.45. The minimum atomic E-state index is -1.52. The molecule has 8 nitrogen and oxygen atoms in total. The highest BCUT2D eigenvalue weighted by Crippen LogP contribution is 2.15. The fourth-order valence-electron chi connectivity index (χ4n) is 1.54. The second-order valence-corrected chi connectivity index (χ2v) is 4.11. The van der Waals surface area contributed by atoms with Gasteiger partial charge in [0.15, 0.2) is 0 Å². The number of hydrogen-bond acceptors (Lipinski definition) is 7. The molecule has 0 aromatic rings. The largest absolute Gasteiger partial charge is 0.477 e. The van der Waals surface area contributed by atoms with Gasteiger partial charge >= 0.3 is 7.12 Å². The highest BCUT2D eigenvalue weighted by atomic mass is 16.6. The topological polar surface area (TPSA) is 128 Å². The molecular formula is C10H22BNO7. The van der Waals surface area contributed by atoms with E-state index in [2.05, 4.69) is 5.32 Å². The van der Waals surface area contributed by atoms with Crippen molar-refractivity contribution in [2.24, 2.45) is 0 Å². The van der Waals surface area contributed by atoms with Crippen LogP contribution >= 0.6 is 0 Å². The second-order valence-electron chi connectivity index (χ2n) is 4.11. The van der Waals surface area contributed by atoms with Crippen LogP contribution in [-0.4, -0.2) is 77.5 Å². The summed E-state index contributed by atoms with van der Waals surface area (Å²) in [6.07, 6.45) is -5.03. The molecule has 1 fully saturated rings. The van der Waals surface area contributed by atoms with Gasteiger partial charge in [0, 0.05) is 6.92 Å². The third kappa shape index (κ3) is 5.43. The second kappa shape index (κ2) is 8.46. The van der Waals surface area contributed by atoms with Gasteiger partial charge in [0.05, 0.1) is 25.8 Å². The van der Waals surface area contributed by atoms with Gasteiger partial charge in [-0.2, -0.15) is 0 Å². The Morgan fingerprint density at radius 1 is 1.47 bits per heavy atom. The molecule has 9 heteroatoms. The lowest BCUT2D eigenvalue weighted by Gasteiger charge is -2.25. The maximum atomic E-state index is 10.7. The molecular weight excluding hydrogens is 257 g/mol. The van der Waals surface area contributed by atoms with Gasteiger partial charge < -0.3 is 35.1 Å². The van der Waals surface area contributed by atoms with Gasteiger partial charge in [0.1, 0.15) is 18.3 Å². The van der Waals surface area contributed by atoms with Crippen LogP contribution in [0.5, 0.6) is 0 Å². The molecule has 0 bridgehead atoms. The van der Waals surface area contributed by atoms with Crippen LogP contribution in [0.3, 0.4) is 0 Å². The number of hydrogen-bond donors (Lipinski definition) is 5. The highest BCUT2D eigenvalue weighted by Gasteiger charge is 2.39. The Kier molecular flexibility index (Phi) is 8.15. The SMILES string of the molecule is C.CC(=O)NCB1OCC(C(O)C(O)C(O)CO)O1. The first-order valence-corrected chi connectivity index (χ1v) is 5.62. The third-order valence-corrected chi connectivity index (χ3v) is 2.60. The van der Waals surface area contributed by atoms with E-state index in [4.69, 9.17) is 14.4 Å². The van der Waals surface area contributed by atoms with Crippen molar-refractivity contribution < 1.29 is 34.5 Å². The van der Waals surface area contributed by atoms with Crippen molar-refractivity contribution in [3.05, 3.63) is 0 Å². The predicted molar refractivity (Wildman–Crippen MR) is 67.1 cm³/mol. The lowest BCUT2D eigenvalue weighted by molar-refractivity contribution is -0.118. The van der Waals surface area contributed by atoms with Crippen molar-refractivity contribution in [1.29, 1.82) is 0 Å². The fraction of sp³-hybridized carbons (Fsp3) is 0.900. The molecule has 5 N–H and O–H groups in total. The maximum absolute atomic E-state index is 10.7. The normalized spacial score (nSPS) is 23.4. The van der Waals surface area contributed by atoms with Crippen LogP contribution in [0.4, 0.5) is 0 Å². The monoisotopic (exact) mass is 279 g/mol. The maximum Gasteiger partial charge on any atom is 0.477 e. The zero-order valence-electron chi connectivity index (χ0n) is 10.0. The van der Waals surface area contributed by atoms with Gasteiger partial charge in [0.25, 0.3) is 0 Å². The first kappa shape index (κ1) is 18.3. The number of nitrogens with one attached hydrogen (secondary N) is 1. The summed E-state index contributed by atoms with van der Waals surface area (Å²) in [5.41, 5.74) is 0. The van der Waals surface area contributed by atoms with Gasteiger partial charge in [-0.25, -0.2) is 0 Å². The van der Waals surface area contributed by atoms with Crippen LogP contribution in [0.1, 0.15) is 14.4 Å². The lowest BCUT2D eigenvalue weighted by atomic mass is 9.91. The van der Waals surface area contributed by atoms with Crippen LogP contribution in [0.15, 0.2) is 0 Å². The summed E-state index contributed by atoms with van der Waals surface area (Å²) in [7, 11) is -0.702. The van der Waals surface area contributed by atoms with Crippen LogP contribution in [0, 0.1) is 0 Å². The molecule has 1 heterocycles. The molecule has 19 heavy (non-hydrogen) atoms. The van der Waals surface area contributed by atoms with Gasteiger partial charge in [0.2, 0.25) is 5.91 Å². The molecule has 4 atom stereocenters. The van der Waals surface area contributed by atoms with Crippen molar-refractivity contribution in [1.82, 2.24) is 5.32 Å². The molecule has 0 aromatic carbocycles. The van der Waals surface area contributed by atoms with E-state index >= 15 is 0 Å². The van der Waals surface area contributed by atoms with E-state index in [-0.39, 0.29) is 26.4 Å².